The van der Waals surface area contributed by atoms with Crippen LogP contribution in [0.2, 0.25) is 0 Å². The Bertz CT molecular complexity index is 868. The third kappa shape index (κ3) is 5.21. The van der Waals surface area contributed by atoms with Gasteiger partial charge in [0.25, 0.3) is 0 Å². The molecule has 0 aromatic heterocycles. The number of sulfonamides is 1. The number of fused-ring (bicyclic) bond motifs is 1. The highest BCUT2D eigenvalue weighted by Crippen LogP contribution is 2.34. The molecule has 2 aromatic rings. The molecule has 2 aromatic carbocycles. The van der Waals surface area contributed by atoms with Crippen LogP contribution in [0.3, 0.4) is 0 Å². The number of nitrogens with one attached hydrogen (secondary N) is 2. The van der Waals surface area contributed by atoms with Gasteiger partial charge < -0.3 is 14.8 Å². The Kier molecular flexibility index (Phi) is 5.75. The minimum Gasteiger partial charge on any atom is -0.454 e. The zero-order valence-electron chi connectivity index (χ0n) is 14.1. The number of benzene rings is 2. The Morgan fingerprint density at radius 2 is 1.81 bits per heavy atom. The molecular weight excluding hydrogens is 356 g/mol. The number of aryl methyl sites for hydroxylation is 1. The fourth-order valence-corrected chi connectivity index (χ4v) is 3.56. The van der Waals surface area contributed by atoms with Gasteiger partial charge in [-0.1, -0.05) is 30.3 Å². The first-order valence-corrected chi connectivity index (χ1v) is 9.88. The van der Waals surface area contributed by atoms with Crippen molar-refractivity contribution in [2.24, 2.45) is 0 Å². The molecule has 0 spiro atoms. The molecule has 1 aliphatic rings. The van der Waals surface area contributed by atoms with E-state index in [1.807, 2.05) is 30.3 Å². The van der Waals surface area contributed by atoms with Crippen molar-refractivity contribution in [2.45, 2.75) is 12.8 Å². The standard InChI is InChI=1S/C18H20N2O5S/c21-18(20-15-8-9-16-17(11-15)25-13-24-16)12-19-26(22,23)10-4-7-14-5-2-1-3-6-14/h1-3,5-6,8-9,11,19H,4,7,10,12-13H2,(H,20,21). The molecule has 1 heterocycles. The van der Waals surface area contributed by atoms with Crippen molar-refractivity contribution in [2.75, 3.05) is 24.4 Å². The Hall–Kier alpha value is -2.58. The lowest BCUT2D eigenvalue weighted by molar-refractivity contribution is -0.115. The van der Waals surface area contributed by atoms with Crippen LogP contribution in [0.25, 0.3) is 0 Å². The minimum absolute atomic E-state index is 0.0286. The van der Waals surface area contributed by atoms with Gasteiger partial charge in [-0.05, 0) is 30.5 Å². The Morgan fingerprint density at radius 3 is 2.62 bits per heavy atom. The lowest BCUT2D eigenvalue weighted by atomic mass is 10.1. The molecule has 0 unspecified atom stereocenters. The molecule has 3 rings (SSSR count). The first-order valence-electron chi connectivity index (χ1n) is 8.23. The maximum Gasteiger partial charge on any atom is 0.239 e. The van der Waals surface area contributed by atoms with E-state index < -0.39 is 15.9 Å². The van der Waals surface area contributed by atoms with Crippen LogP contribution in [0.15, 0.2) is 48.5 Å². The van der Waals surface area contributed by atoms with Crippen LogP contribution < -0.4 is 19.5 Å². The fraction of sp³-hybridized carbons (Fsp3) is 0.278. The predicted octanol–water partition coefficient (Wildman–Crippen LogP) is 1.91. The van der Waals surface area contributed by atoms with E-state index in [0.29, 0.717) is 30.0 Å². The second-order valence-corrected chi connectivity index (χ2v) is 7.77. The fourth-order valence-electron chi connectivity index (χ4n) is 2.54. The quantitative estimate of drug-likeness (QED) is 0.734. The number of hydrogen-bond acceptors (Lipinski definition) is 5. The molecule has 8 heteroatoms. The van der Waals surface area contributed by atoms with Crippen molar-refractivity contribution >= 4 is 21.6 Å². The highest BCUT2D eigenvalue weighted by molar-refractivity contribution is 7.89. The molecule has 138 valence electrons. The molecule has 26 heavy (non-hydrogen) atoms. The number of amides is 1. The zero-order valence-corrected chi connectivity index (χ0v) is 14.9. The monoisotopic (exact) mass is 376 g/mol. The number of ether oxygens (including phenoxy) is 2. The van der Waals surface area contributed by atoms with Crippen LogP contribution in [-0.2, 0) is 21.2 Å². The van der Waals surface area contributed by atoms with E-state index in [9.17, 15) is 13.2 Å². The predicted molar refractivity (Wildman–Crippen MR) is 97.7 cm³/mol. The van der Waals surface area contributed by atoms with Gasteiger partial charge in [-0.25, -0.2) is 13.1 Å². The normalized spacial score (nSPS) is 12.8. The molecule has 0 fully saturated rings. The van der Waals surface area contributed by atoms with Gasteiger partial charge in [0.1, 0.15) is 0 Å². The van der Waals surface area contributed by atoms with Crippen LogP contribution in [0.1, 0.15) is 12.0 Å². The van der Waals surface area contributed by atoms with Crippen molar-refractivity contribution in [1.82, 2.24) is 4.72 Å². The first-order chi connectivity index (χ1) is 12.5. The summed E-state index contributed by atoms with van der Waals surface area (Å²) in [5.74, 6) is 0.682. The summed E-state index contributed by atoms with van der Waals surface area (Å²) in [6.45, 7) is -0.169. The zero-order chi connectivity index (χ0) is 18.4. The molecule has 0 radical (unpaired) electrons. The van der Waals surface area contributed by atoms with E-state index in [0.717, 1.165) is 5.56 Å². The first kappa shape index (κ1) is 18.2. The topological polar surface area (TPSA) is 93.7 Å². The molecule has 0 atom stereocenters. The van der Waals surface area contributed by atoms with Crippen molar-refractivity contribution in [3.8, 4) is 11.5 Å². The Balaban J connectivity index is 1.42. The average Bonchev–Trinajstić information content (AvgIpc) is 3.09. The summed E-state index contributed by atoms with van der Waals surface area (Å²) in [5.41, 5.74) is 1.60. The second kappa shape index (κ2) is 8.20. The summed E-state index contributed by atoms with van der Waals surface area (Å²) in [6.07, 6.45) is 1.16. The largest absolute Gasteiger partial charge is 0.454 e. The molecule has 0 saturated carbocycles. The maximum absolute atomic E-state index is 12.0. The van der Waals surface area contributed by atoms with E-state index in [2.05, 4.69) is 10.0 Å². The molecule has 7 nitrogen and oxygen atoms in total. The molecule has 0 aliphatic carbocycles. The van der Waals surface area contributed by atoms with Gasteiger partial charge >= 0.3 is 0 Å². The van der Waals surface area contributed by atoms with E-state index in [4.69, 9.17) is 9.47 Å². The molecule has 2 N–H and O–H groups in total. The number of anilines is 1. The summed E-state index contributed by atoms with van der Waals surface area (Å²) in [7, 11) is -3.50. The summed E-state index contributed by atoms with van der Waals surface area (Å²) in [5, 5.41) is 2.62. The highest BCUT2D eigenvalue weighted by Gasteiger charge is 2.15. The molecular formula is C18H20N2O5S. The molecule has 0 bridgehead atoms. The Labute approximate surface area is 152 Å². The summed E-state index contributed by atoms with van der Waals surface area (Å²) in [4.78, 5) is 11.9. The maximum atomic E-state index is 12.0. The van der Waals surface area contributed by atoms with Crippen molar-refractivity contribution in [3.63, 3.8) is 0 Å². The molecule has 1 amide bonds. The van der Waals surface area contributed by atoms with Crippen molar-refractivity contribution in [1.29, 1.82) is 0 Å². The number of hydrogen-bond donors (Lipinski definition) is 2. The van der Waals surface area contributed by atoms with Gasteiger partial charge in [0.05, 0.1) is 12.3 Å². The lowest BCUT2D eigenvalue weighted by Crippen LogP contribution is -2.34. The van der Waals surface area contributed by atoms with E-state index in [-0.39, 0.29) is 19.1 Å². The van der Waals surface area contributed by atoms with Gasteiger partial charge in [0.15, 0.2) is 11.5 Å². The van der Waals surface area contributed by atoms with E-state index in [1.54, 1.807) is 18.2 Å². The van der Waals surface area contributed by atoms with Crippen molar-refractivity contribution in [3.05, 3.63) is 54.1 Å². The Morgan fingerprint density at radius 1 is 1.04 bits per heavy atom. The highest BCUT2D eigenvalue weighted by atomic mass is 32.2. The van der Waals surface area contributed by atoms with E-state index in [1.165, 1.54) is 0 Å². The number of carbonyl (C=O) groups excluding carboxylic acids is 1. The molecule has 1 aliphatic heterocycles. The SMILES string of the molecule is O=C(CNS(=O)(=O)CCCc1ccccc1)Nc1ccc2c(c1)OCO2. The van der Waals surface area contributed by atoms with Crippen LogP contribution in [0.5, 0.6) is 11.5 Å². The second-order valence-electron chi connectivity index (χ2n) is 5.85. The third-order valence-corrected chi connectivity index (χ3v) is 5.24. The summed E-state index contributed by atoms with van der Waals surface area (Å²) < 4.78 is 36.8. The third-order valence-electron chi connectivity index (χ3n) is 3.83. The van der Waals surface area contributed by atoms with E-state index >= 15 is 0 Å². The van der Waals surface area contributed by atoms with Gasteiger partial charge in [-0.15, -0.1) is 0 Å². The molecule has 0 saturated heterocycles. The number of carbonyl (C=O) groups is 1. The van der Waals surface area contributed by atoms with Gasteiger partial charge in [0, 0.05) is 11.8 Å². The summed E-state index contributed by atoms with van der Waals surface area (Å²) in [6, 6.07) is 14.7. The summed E-state index contributed by atoms with van der Waals surface area (Å²) >= 11 is 0. The van der Waals surface area contributed by atoms with Crippen LogP contribution >= 0.6 is 0 Å². The van der Waals surface area contributed by atoms with Gasteiger partial charge in [0.2, 0.25) is 22.7 Å². The van der Waals surface area contributed by atoms with Crippen molar-refractivity contribution < 1.29 is 22.7 Å². The van der Waals surface area contributed by atoms with Crippen LogP contribution in [0.4, 0.5) is 5.69 Å². The lowest BCUT2D eigenvalue weighted by Gasteiger charge is -2.08. The van der Waals surface area contributed by atoms with Crippen LogP contribution in [-0.4, -0.2) is 33.4 Å². The average molecular weight is 376 g/mol. The van der Waals surface area contributed by atoms with Crippen LogP contribution in [0, 0.1) is 0 Å². The van der Waals surface area contributed by atoms with Gasteiger partial charge in [-0.3, -0.25) is 4.79 Å². The minimum atomic E-state index is -3.50. The smallest absolute Gasteiger partial charge is 0.239 e. The number of rotatable bonds is 8. The van der Waals surface area contributed by atoms with Gasteiger partial charge in [-0.2, -0.15) is 0 Å².